The number of H-pyrrole nitrogens is 1. The Morgan fingerprint density at radius 3 is 1.52 bits per heavy atom. The molecular formula is C47H63N5O9. The van der Waals surface area contributed by atoms with Gasteiger partial charge in [-0.05, 0) is 94.2 Å². The van der Waals surface area contributed by atoms with Crippen LogP contribution in [0.3, 0.4) is 0 Å². The Morgan fingerprint density at radius 2 is 1.13 bits per heavy atom. The molecule has 0 fully saturated rings. The van der Waals surface area contributed by atoms with Gasteiger partial charge in [-0.1, -0.05) is 123 Å². The van der Waals surface area contributed by atoms with Crippen molar-refractivity contribution in [1.82, 2.24) is 25.6 Å². The minimum absolute atomic E-state index is 0.0967. The highest BCUT2D eigenvalue weighted by Crippen LogP contribution is 2.27. The fourth-order valence-corrected chi connectivity index (χ4v) is 5.28. The lowest BCUT2D eigenvalue weighted by Crippen LogP contribution is -2.00. The zero-order valence-corrected chi connectivity index (χ0v) is 37.2. The maximum Gasteiger partial charge on any atom is 0.354 e. The number of ether oxygens (including phenoxy) is 1. The van der Waals surface area contributed by atoms with Gasteiger partial charge in [-0.3, -0.25) is 4.79 Å². The molecule has 0 aliphatic carbocycles. The first-order valence-electron chi connectivity index (χ1n) is 20.1. The summed E-state index contributed by atoms with van der Waals surface area (Å²) in [6.45, 7) is 20.9. The topological polar surface area (TPSA) is 226 Å². The second-order valence-electron chi connectivity index (χ2n) is 15.8. The number of hydrogen-bond acceptors (Lipinski definition) is 9. The molecule has 0 bridgehead atoms. The Balaban J connectivity index is 0.000000384. The van der Waals surface area contributed by atoms with E-state index in [-0.39, 0.29) is 17.7 Å². The van der Waals surface area contributed by atoms with Crippen LogP contribution in [0.15, 0.2) is 85.1 Å². The Labute approximate surface area is 359 Å². The van der Waals surface area contributed by atoms with Gasteiger partial charge in [-0.25, -0.2) is 19.4 Å². The lowest BCUT2D eigenvalue weighted by atomic mass is 10.0. The van der Waals surface area contributed by atoms with Gasteiger partial charge in [-0.2, -0.15) is 5.21 Å². The first kappa shape index (κ1) is 52.6. The van der Waals surface area contributed by atoms with E-state index >= 15 is 0 Å². The van der Waals surface area contributed by atoms with Crippen LogP contribution in [0.25, 0.3) is 0 Å². The van der Waals surface area contributed by atoms with E-state index in [0.29, 0.717) is 40.9 Å². The summed E-state index contributed by atoms with van der Waals surface area (Å²) in [6.07, 6.45) is 3.61. The largest absolute Gasteiger partial charge is 0.496 e. The van der Waals surface area contributed by atoms with Crippen LogP contribution in [0, 0.1) is 11.8 Å². The van der Waals surface area contributed by atoms with Gasteiger partial charge in [0.05, 0.1) is 24.7 Å². The van der Waals surface area contributed by atoms with Gasteiger partial charge in [0, 0.05) is 12.6 Å². The summed E-state index contributed by atoms with van der Waals surface area (Å²) < 4.78 is 5.13. The van der Waals surface area contributed by atoms with Gasteiger partial charge in [0.25, 0.3) is 0 Å². The molecule has 3 aromatic carbocycles. The molecular weight excluding hydrogens is 779 g/mol. The monoisotopic (exact) mass is 841 g/mol. The van der Waals surface area contributed by atoms with Gasteiger partial charge < -0.3 is 25.2 Å². The molecule has 5 aromatic rings. The molecule has 0 saturated heterocycles. The molecule has 0 amide bonds. The first-order valence-corrected chi connectivity index (χ1v) is 20.1. The number of nitrogens with zero attached hydrogens (tertiary/aromatic N) is 4. The van der Waals surface area contributed by atoms with Crippen LogP contribution in [-0.2, 0) is 24.1 Å². The first-order chi connectivity index (χ1) is 28.6. The summed E-state index contributed by atoms with van der Waals surface area (Å²) in [4.78, 5) is 45.8. The Bertz CT molecular complexity index is 2040. The standard InChI is InChI=1S/C11H14O3.2C11H14O2.C9H11NO2.C5H10N4/c1-7(2)9-5-4-8(11(12)13)6-10(9)14-3;1-8(2)10-5-3-9(4-6-10)7-11(12)13;1-8(2)7-9-3-5-10(6-4-9)11(12)13;1-6(2)7-3-4-8(9(11)12)10-5-7;1-4(2)3-5-6-8-9-7-5/h4-7H,1-3H3,(H,12,13);2*3-6,8H,7H2,1-2H3,(H,12,13);3-6H,1-2H3,(H,11,12);4H,3H2,1-2H3,(H,6,7,8,9). The molecule has 2 heterocycles. The van der Waals surface area contributed by atoms with E-state index in [4.69, 9.17) is 25.2 Å². The van der Waals surface area contributed by atoms with Crippen molar-refractivity contribution in [3.8, 4) is 5.75 Å². The van der Waals surface area contributed by atoms with E-state index in [2.05, 4.69) is 67.2 Å². The van der Waals surface area contributed by atoms with E-state index in [9.17, 15) is 19.2 Å². The van der Waals surface area contributed by atoms with Crippen LogP contribution in [0.5, 0.6) is 5.75 Å². The maximum atomic E-state index is 10.7. The van der Waals surface area contributed by atoms with Crippen molar-refractivity contribution in [1.29, 1.82) is 0 Å². The minimum Gasteiger partial charge on any atom is -0.496 e. The third-order valence-electron chi connectivity index (χ3n) is 8.60. The van der Waals surface area contributed by atoms with Crippen molar-refractivity contribution in [2.24, 2.45) is 11.8 Å². The molecule has 0 aliphatic rings. The number of benzene rings is 3. The number of aromatic carboxylic acids is 3. The molecule has 0 spiro atoms. The van der Waals surface area contributed by atoms with E-state index in [0.717, 1.165) is 35.4 Å². The van der Waals surface area contributed by atoms with E-state index in [1.54, 1.807) is 49.7 Å². The molecule has 0 saturated carbocycles. The number of methoxy groups -OCH3 is 1. The quantitative estimate of drug-likeness (QED) is 0.0745. The van der Waals surface area contributed by atoms with Gasteiger partial charge >= 0.3 is 23.9 Å². The molecule has 61 heavy (non-hydrogen) atoms. The average molecular weight is 842 g/mol. The summed E-state index contributed by atoms with van der Waals surface area (Å²) in [7, 11) is 1.55. The zero-order chi connectivity index (χ0) is 46.2. The van der Waals surface area contributed by atoms with E-state index in [1.807, 2.05) is 64.1 Å². The van der Waals surface area contributed by atoms with Crippen molar-refractivity contribution < 1.29 is 44.3 Å². The fraction of sp³-hybridized carbons (Fsp3) is 0.404. The van der Waals surface area contributed by atoms with Crippen LogP contribution in [-0.4, -0.2) is 77.0 Å². The number of carbonyl (C=O) groups is 4. The third kappa shape index (κ3) is 21.4. The van der Waals surface area contributed by atoms with Crippen LogP contribution in [0.2, 0.25) is 0 Å². The van der Waals surface area contributed by atoms with Gasteiger partial charge in [-0.15, -0.1) is 10.2 Å². The zero-order valence-electron chi connectivity index (χ0n) is 37.2. The predicted molar refractivity (Wildman–Crippen MR) is 236 cm³/mol. The SMILES string of the molecule is CC(C)Cc1ccc(C(=O)O)cc1.CC(C)Cc1nn[nH]n1.CC(C)c1ccc(C(=O)O)nc1.CC(C)c1ccc(CC(=O)O)cc1.COc1cc(C(=O)O)ccc1C(C)C. The van der Waals surface area contributed by atoms with Crippen LogP contribution in [0.4, 0.5) is 0 Å². The van der Waals surface area contributed by atoms with E-state index in [1.165, 1.54) is 17.2 Å². The highest BCUT2D eigenvalue weighted by atomic mass is 16.5. The fourth-order valence-electron chi connectivity index (χ4n) is 5.28. The number of aromatic nitrogens is 5. The Kier molecular flexibility index (Phi) is 23.6. The molecule has 330 valence electrons. The Morgan fingerprint density at radius 1 is 0.607 bits per heavy atom. The van der Waals surface area contributed by atoms with Gasteiger partial charge in [0.2, 0.25) is 0 Å². The highest BCUT2D eigenvalue weighted by molar-refractivity contribution is 5.88. The molecule has 5 rings (SSSR count). The molecule has 5 N–H and O–H groups in total. The Hall–Kier alpha value is -6.44. The van der Waals surface area contributed by atoms with Crippen molar-refractivity contribution in [2.45, 2.75) is 106 Å². The molecule has 14 nitrogen and oxygen atoms in total. The molecule has 0 aliphatic heterocycles. The summed E-state index contributed by atoms with van der Waals surface area (Å²) in [5, 5.41) is 48.0. The van der Waals surface area contributed by atoms with E-state index < -0.39 is 23.9 Å². The van der Waals surface area contributed by atoms with Crippen molar-refractivity contribution in [3.05, 3.63) is 136 Å². The molecule has 0 unspecified atom stereocenters. The second-order valence-corrected chi connectivity index (χ2v) is 15.8. The van der Waals surface area contributed by atoms with Crippen LogP contribution >= 0.6 is 0 Å². The lowest BCUT2D eigenvalue weighted by molar-refractivity contribution is -0.136. The number of pyridine rings is 1. The predicted octanol–water partition coefficient (Wildman–Crippen LogP) is 9.84. The van der Waals surface area contributed by atoms with Gasteiger partial charge in [0.15, 0.2) is 5.82 Å². The smallest absolute Gasteiger partial charge is 0.354 e. The number of carboxylic acids is 4. The number of rotatable bonds is 13. The number of aromatic amines is 1. The average Bonchev–Trinajstić information content (AvgIpc) is 3.71. The maximum absolute atomic E-state index is 10.7. The molecule has 0 radical (unpaired) electrons. The number of nitrogens with one attached hydrogen (secondary N) is 1. The van der Waals surface area contributed by atoms with Crippen LogP contribution < -0.4 is 4.74 Å². The summed E-state index contributed by atoms with van der Waals surface area (Å²) in [5.41, 5.74) is 6.08. The summed E-state index contributed by atoms with van der Waals surface area (Å²) >= 11 is 0. The highest BCUT2D eigenvalue weighted by Gasteiger charge is 2.11. The summed E-state index contributed by atoms with van der Waals surface area (Å²) in [5.74, 6) is 0.299. The third-order valence-corrected chi connectivity index (χ3v) is 8.60. The van der Waals surface area contributed by atoms with Crippen molar-refractivity contribution >= 4 is 23.9 Å². The summed E-state index contributed by atoms with van der Waals surface area (Å²) in [6, 6.07) is 23.1. The second kappa shape index (κ2) is 27.3. The lowest BCUT2D eigenvalue weighted by Gasteiger charge is -2.11. The molecule has 2 aromatic heterocycles. The van der Waals surface area contributed by atoms with Crippen molar-refractivity contribution in [2.75, 3.05) is 7.11 Å². The number of aliphatic carboxylic acids is 1. The van der Waals surface area contributed by atoms with Gasteiger partial charge in [0.1, 0.15) is 11.4 Å². The number of carboxylic acid groups (broad SMARTS) is 4. The number of tetrazole rings is 1. The number of hydrogen-bond donors (Lipinski definition) is 5. The van der Waals surface area contributed by atoms with Crippen LogP contribution in [0.1, 0.15) is 152 Å². The molecule has 0 atom stereocenters. The van der Waals surface area contributed by atoms with Crippen molar-refractivity contribution in [3.63, 3.8) is 0 Å². The molecule has 14 heteroatoms. The normalized spacial score (nSPS) is 10.4. The minimum atomic E-state index is -0.981.